The van der Waals surface area contributed by atoms with Crippen LogP contribution in [0.4, 0.5) is 0 Å². The second-order valence-corrected chi connectivity index (χ2v) is 19.2. The summed E-state index contributed by atoms with van der Waals surface area (Å²) >= 11 is 0. The van der Waals surface area contributed by atoms with Gasteiger partial charge in [0, 0.05) is 26.9 Å². The molecule has 0 unspecified atom stereocenters. The Morgan fingerprint density at radius 1 is 0.586 bits per heavy atom. The molecule has 4 aliphatic carbocycles. The van der Waals surface area contributed by atoms with Gasteiger partial charge in [-0.3, -0.25) is 0 Å². The first-order chi connectivity index (χ1) is 28.4. The van der Waals surface area contributed by atoms with Crippen LogP contribution < -0.4 is 0 Å². The summed E-state index contributed by atoms with van der Waals surface area (Å²) in [4.78, 5) is 0. The van der Waals surface area contributed by atoms with Gasteiger partial charge in [-0.05, 0) is 144 Å². The zero-order valence-corrected chi connectivity index (χ0v) is 34.5. The largest absolute Gasteiger partial charge is 0.455 e. The fraction of sp³-hybridized carbons (Fsp3) is 0.407. The molecular formula is C54H51N3O. The molecule has 4 nitrogen and oxygen atoms in total. The third-order valence-electron chi connectivity index (χ3n) is 17.2. The maximum Gasteiger partial charge on any atom is 0.145 e. The molecule has 4 heteroatoms. The maximum atomic E-state index is 11.2. The lowest BCUT2D eigenvalue weighted by Gasteiger charge is -2.31. The Hall–Kier alpha value is -5.32. The smallest absolute Gasteiger partial charge is 0.145 e. The van der Waals surface area contributed by atoms with Crippen LogP contribution in [-0.2, 0) is 21.7 Å². The fourth-order valence-electron chi connectivity index (χ4n) is 14.7. The first-order valence-corrected chi connectivity index (χ1v) is 22.5. The number of fused-ring (bicyclic) bond motifs is 16. The summed E-state index contributed by atoms with van der Waals surface area (Å²) in [5.74, 6) is 0. The highest BCUT2D eigenvalue weighted by atomic mass is 16.3. The number of hydrogen-bond donors (Lipinski definition) is 0. The normalized spacial score (nSPS) is 19.8. The van der Waals surface area contributed by atoms with Crippen molar-refractivity contribution in [2.75, 3.05) is 0 Å². The van der Waals surface area contributed by atoms with E-state index < -0.39 is 0 Å². The van der Waals surface area contributed by atoms with Crippen LogP contribution >= 0.6 is 0 Å². The minimum absolute atomic E-state index is 0.0155. The summed E-state index contributed by atoms with van der Waals surface area (Å²) in [7, 11) is 0. The van der Waals surface area contributed by atoms with E-state index in [2.05, 4.69) is 111 Å². The minimum Gasteiger partial charge on any atom is -0.455 e. The van der Waals surface area contributed by atoms with Gasteiger partial charge in [0.25, 0.3) is 0 Å². The highest BCUT2D eigenvalue weighted by Gasteiger charge is 2.56. The molecule has 58 heavy (non-hydrogen) atoms. The molecule has 3 aromatic heterocycles. The van der Waals surface area contributed by atoms with Gasteiger partial charge in [-0.2, -0.15) is 10.5 Å². The maximum absolute atomic E-state index is 11.2. The van der Waals surface area contributed by atoms with Gasteiger partial charge in [0.2, 0.25) is 0 Å². The molecule has 0 atom stereocenters. The summed E-state index contributed by atoms with van der Waals surface area (Å²) in [6.45, 7) is 9.42. The summed E-state index contributed by atoms with van der Waals surface area (Å²) in [5.41, 5.74) is 15.1. The Balaban J connectivity index is 1.38. The predicted molar refractivity (Wildman–Crippen MR) is 237 cm³/mol. The van der Waals surface area contributed by atoms with Gasteiger partial charge in [0.15, 0.2) is 0 Å². The lowest BCUT2D eigenvalue weighted by atomic mass is 9.72. The Morgan fingerprint density at radius 3 is 1.69 bits per heavy atom. The van der Waals surface area contributed by atoms with Crippen LogP contribution in [0, 0.1) is 22.7 Å². The average molecular weight is 758 g/mol. The van der Waals surface area contributed by atoms with E-state index in [9.17, 15) is 10.5 Å². The molecule has 0 aliphatic heterocycles. The summed E-state index contributed by atoms with van der Waals surface area (Å²) < 4.78 is 9.79. The van der Waals surface area contributed by atoms with Gasteiger partial charge in [0.1, 0.15) is 11.2 Å². The predicted octanol–water partition coefficient (Wildman–Crippen LogP) is 14.7. The number of hydrogen-bond acceptors (Lipinski definition) is 3. The first kappa shape index (κ1) is 34.7. The summed E-state index contributed by atoms with van der Waals surface area (Å²) in [6.07, 6.45) is 16.0. The topological polar surface area (TPSA) is 65.1 Å². The highest BCUT2D eigenvalue weighted by Crippen LogP contribution is 2.66. The second kappa shape index (κ2) is 11.7. The Morgan fingerprint density at radius 2 is 1.14 bits per heavy atom. The van der Waals surface area contributed by atoms with Crippen LogP contribution in [0.1, 0.15) is 151 Å². The summed E-state index contributed by atoms with van der Waals surface area (Å²) in [6, 6.07) is 30.0. The third-order valence-corrected chi connectivity index (χ3v) is 17.2. The molecule has 288 valence electrons. The number of furan rings is 1. The van der Waals surface area contributed by atoms with E-state index >= 15 is 0 Å². The van der Waals surface area contributed by atoms with Crippen LogP contribution in [0.15, 0.2) is 71.1 Å². The van der Waals surface area contributed by atoms with Gasteiger partial charge < -0.3 is 8.82 Å². The molecule has 3 heterocycles. The minimum atomic E-state index is -0.0340. The van der Waals surface area contributed by atoms with E-state index in [0.717, 1.165) is 71.9 Å². The van der Waals surface area contributed by atoms with Crippen molar-refractivity contribution >= 4 is 60.0 Å². The van der Waals surface area contributed by atoms with Gasteiger partial charge in [-0.1, -0.05) is 95.8 Å². The van der Waals surface area contributed by atoms with Crippen LogP contribution in [-0.4, -0.2) is 4.40 Å². The first-order valence-electron chi connectivity index (χ1n) is 22.5. The molecule has 0 amide bonds. The molecule has 2 spiro atoms. The van der Waals surface area contributed by atoms with Crippen LogP contribution in [0.5, 0.6) is 0 Å². The Labute approximate surface area is 340 Å². The van der Waals surface area contributed by atoms with E-state index in [1.807, 2.05) is 0 Å². The number of nitrogens with zero attached hydrogens (tertiary/aromatic N) is 3. The zero-order chi connectivity index (χ0) is 39.3. The Kier molecular flexibility index (Phi) is 6.98. The van der Waals surface area contributed by atoms with E-state index in [1.54, 1.807) is 0 Å². The van der Waals surface area contributed by atoms with Crippen molar-refractivity contribution in [2.24, 2.45) is 0 Å². The van der Waals surface area contributed by atoms with Crippen molar-refractivity contribution in [2.45, 2.75) is 139 Å². The molecule has 0 bridgehead atoms. The fourth-order valence-corrected chi connectivity index (χ4v) is 14.7. The zero-order valence-electron chi connectivity index (χ0n) is 34.5. The highest BCUT2D eigenvalue weighted by molar-refractivity contribution is 6.35. The standard InChI is InChI=1S/C54H51N3O/c1-5-51(6-2)30-53(21-12-13-22-53)47-42-36-27-37-41-35(32-17-10-9-11-18-32)19-16-20-40(41)58-50(37)44-43-39(57(49(36)44)38(42)25-33(28-55)45(47)51)26-34(29-56)46-48(43)54(23-14-15-24-54)31-52(46,7-3)8-4/h9-11,16-20,25-27H,5-8,12-15,21-24,30-31H2,1-4H3. The molecule has 0 radical (unpaired) electrons. The van der Waals surface area contributed by atoms with Crippen molar-refractivity contribution in [1.29, 1.82) is 10.5 Å². The molecule has 12 rings (SSSR count). The molecule has 5 aromatic carbocycles. The summed E-state index contributed by atoms with van der Waals surface area (Å²) in [5, 5.41) is 29.9. The molecule has 0 N–H and O–H groups in total. The number of rotatable bonds is 5. The van der Waals surface area contributed by atoms with Crippen molar-refractivity contribution in [3.05, 3.63) is 100 Å². The molecule has 2 saturated carbocycles. The molecular weight excluding hydrogens is 707 g/mol. The third kappa shape index (κ3) is 3.92. The monoisotopic (exact) mass is 757 g/mol. The second-order valence-electron chi connectivity index (χ2n) is 19.2. The van der Waals surface area contributed by atoms with E-state index in [-0.39, 0.29) is 21.7 Å². The van der Waals surface area contributed by atoms with Crippen LogP contribution in [0.2, 0.25) is 0 Å². The van der Waals surface area contributed by atoms with Gasteiger partial charge >= 0.3 is 0 Å². The van der Waals surface area contributed by atoms with Crippen molar-refractivity contribution in [3.63, 3.8) is 0 Å². The van der Waals surface area contributed by atoms with E-state index in [4.69, 9.17) is 4.42 Å². The number of nitriles is 2. The van der Waals surface area contributed by atoms with Gasteiger partial charge in [-0.15, -0.1) is 0 Å². The van der Waals surface area contributed by atoms with E-state index in [1.165, 1.54) is 123 Å². The molecule has 4 aliphatic rings. The Bertz CT molecular complexity index is 3140. The average Bonchev–Trinajstić information content (AvgIpc) is 4.14. The van der Waals surface area contributed by atoms with Crippen molar-refractivity contribution < 1.29 is 4.42 Å². The lowest BCUT2D eigenvalue weighted by Crippen LogP contribution is -2.26. The van der Waals surface area contributed by atoms with Gasteiger partial charge in [0.05, 0.1) is 45.2 Å². The SMILES string of the molecule is CCC1(CC)CC2(CCCC2)c2c1c(C#N)cc1c2c2cc3c(oc4cccc(-c5ccccc5)c43)c3c4c5c(c(C#N)cc4n1c23)C(CC)(CC)CC51CCCC1. The van der Waals surface area contributed by atoms with Crippen LogP contribution in [0.3, 0.4) is 0 Å². The molecule has 2 fully saturated rings. The quantitative estimate of drug-likeness (QED) is 0.176. The number of aromatic nitrogens is 1. The number of benzene rings is 5. The van der Waals surface area contributed by atoms with E-state index in [0.29, 0.717) is 0 Å². The van der Waals surface area contributed by atoms with Crippen molar-refractivity contribution in [3.8, 4) is 23.3 Å². The molecule has 8 aromatic rings. The van der Waals surface area contributed by atoms with Crippen LogP contribution in [0.25, 0.3) is 71.2 Å². The lowest BCUT2D eigenvalue weighted by molar-refractivity contribution is 0.302. The van der Waals surface area contributed by atoms with Crippen molar-refractivity contribution in [1.82, 2.24) is 4.40 Å². The van der Waals surface area contributed by atoms with Gasteiger partial charge in [-0.25, -0.2) is 0 Å². The molecule has 0 saturated heterocycles.